The second-order valence-electron chi connectivity index (χ2n) is 6.30. The number of nitrogens with two attached hydrogens (primary N) is 1. The number of hydrogen-bond donors (Lipinski definition) is 2. The lowest BCUT2D eigenvalue weighted by molar-refractivity contribution is -0.137. The maximum absolute atomic E-state index is 13.2. The summed E-state index contributed by atoms with van der Waals surface area (Å²) in [5, 5.41) is 2.97. The van der Waals surface area contributed by atoms with Gasteiger partial charge in [-0.3, -0.25) is 15.2 Å². The Hall–Kier alpha value is -3.02. The third kappa shape index (κ3) is 4.24. The highest BCUT2D eigenvalue weighted by atomic mass is 32.1. The molecule has 5 nitrogen and oxygen atoms in total. The van der Waals surface area contributed by atoms with Crippen LogP contribution in [-0.4, -0.2) is 16.0 Å². The van der Waals surface area contributed by atoms with E-state index in [1.54, 1.807) is 42.5 Å². The van der Waals surface area contributed by atoms with Crippen molar-refractivity contribution in [3.63, 3.8) is 0 Å². The van der Waals surface area contributed by atoms with Crippen LogP contribution in [0.1, 0.15) is 15.2 Å². The van der Waals surface area contributed by atoms with Crippen molar-refractivity contribution >= 4 is 61.8 Å². The summed E-state index contributed by atoms with van der Waals surface area (Å²) in [5.74, 6) is -0.559. The van der Waals surface area contributed by atoms with Gasteiger partial charge in [0.25, 0.3) is 5.91 Å². The van der Waals surface area contributed by atoms with Gasteiger partial charge in [-0.2, -0.15) is 13.2 Å². The first-order chi connectivity index (χ1) is 14.8. The number of fused-ring (bicyclic) bond motifs is 1. The Labute approximate surface area is 187 Å². The number of amides is 1. The van der Waals surface area contributed by atoms with E-state index in [-0.39, 0.29) is 14.7 Å². The first-order valence-electron chi connectivity index (χ1n) is 8.75. The minimum absolute atomic E-state index is 0.0872. The van der Waals surface area contributed by atoms with Gasteiger partial charge < -0.3 is 5.73 Å². The van der Waals surface area contributed by atoms with Crippen LogP contribution < -0.4 is 16.2 Å². The Morgan fingerprint density at radius 1 is 1.16 bits per heavy atom. The maximum atomic E-state index is 13.2. The summed E-state index contributed by atoms with van der Waals surface area (Å²) in [5.41, 5.74) is 8.89. The molecular formula is C20H13F3N4OS3. The molecule has 0 aliphatic carbocycles. The Morgan fingerprint density at radius 2 is 1.90 bits per heavy atom. The van der Waals surface area contributed by atoms with Crippen molar-refractivity contribution in [2.45, 2.75) is 6.18 Å². The number of para-hydroxylation sites is 1. The van der Waals surface area contributed by atoms with Crippen LogP contribution in [-0.2, 0) is 6.18 Å². The Morgan fingerprint density at radius 3 is 2.52 bits per heavy atom. The lowest BCUT2D eigenvalue weighted by Gasteiger charge is -2.23. The van der Waals surface area contributed by atoms with Gasteiger partial charge in [0, 0.05) is 16.6 Å². The molecule has 0 fully saturated rings. The Kier molecular flexibility index (Phi) is 5.65. The van der Waals surface area contributed by atoms with Crippen molar-refractivity contribution in [2.24, 2.45) is 5.73 Å². The highest BCUT2D eigenvalue weighted by Crippen LogP contribution is 2.41. The van der Waals surface area contributed by atoms with Crippen molar-refractivity contribution in [1.82, 2.24) is 10.4 Å². The normalized spacial score (nSPS) is 11.5. The third-order valence-electron chi connectivity index (χ3n) is 4.28. The van der Waals surface area contributed by atoms with Gasteiger partial charge >= 0.3 is 6.18 Å². The van der Waals surface area contributed by atoms with Gasteiger partial charge in [-0.25, -0.2) is 5.01 Å². The van der Waals surface area contributed by atoms with Crippen molar-refractivity contribution in [3.8, 4) is 10.4 Å². The van der Waals surface area contributed by atoms with E-state index in [0.29, 0.717) is 21.6 Å². The minimum Gasteiger partial charge on any atom is -0.374 e. The van der Waals surface area contributed by atoms with Crippen molar-refractivity contribution < 1.29 is 18.0 Å². The van der Waals surface area contributed by atoms with E-state index in [1.165, 1.54) is 16.3 Å². The second kappa shape index (κ2) is 8.25. The lowest BCUT2D eigenvalue weighted by atomic mass is 10.1. The number of aromatic nitrogens is 1. The number of thiophene rings is 2. The van der Waals surface area contributed by atoms with Crippen molar-refractivity contribution in [3.05, 3.63) is 70.5 Å². The molecule has 0 saturated heterocycles. The molecule has 0 spiro atoms. The molecule has 0 bridgehead atoms. The number of hydrogen-bond acceptors (Lipinski definition) is 5. The molecule has 1 aromatic carbocycles. The number of nitrogens with zero attached hydrogens (tertiary/aromatic N) is 2. The van der Waals surface area contributed by atoms with Crippen LogP contribution in [0.5, 0.6) is 0 Å². The number of alkyl halides is 3. The number of hydrazine groups is 1. The summed E-state index contributed by atoms with van der Waals surface area (Å²) in [6.45, 7) is 0. The number of benzene rings is 1. The molecule has 4 aromatic rings. The summed E-state index contributed by atoms with van der Waals surface area (Å²) in [4.78, 5) is 18.2. The van der Waals surface area contributed by atoms with Crippen LogP contribution in [0.25, 0.3) is 20.7 Å². The molecule has 0 atom stereocenters. The van der Waals surface area contributed by atoms with E-state index >= 15 is 0 Å². The lowest BCUT2D eigenvalue weighted by Crippen LogP contribution is -2.49. The van der Waals surface area contributed by atoms with Crippen molar-refractivity contribution in [1.29, 1.82) is 0 Å². The molecule has 3 N–H and O–H groups in total. The zero-order valence-corrected chi connectivity index (χ0v) is 18.0. The van der Waals surface area contributed by atoms with E-state index in [2.05, 4.69) is 10.4 Å². The molecule has 0 saturated carbocycles. The highest BCUT2D eigenvalue weighted by molar-refractivity contribution is 7.80. The molecule has 3 heterocycles. The smallest absolute Gasteiger partial charge is 0.374 e. The molecule has 4 rings (SSSR count). The number of halogens is 3. The third-order valence-corrected chi connectivity index (χ3v) is 6.47. The predicted octanol–water partition coefficient (Wildman–Crippen LogP) is 5.44. The number of pyridine rings is 1. The van der Waals surface area contributed by atoms with Crippen LogP contribution in [0.3, 0.4) is 0 Å². The number of carbonyl (C=O) groups excluding carboxylic acids is 1. The summed E-state index contributed by atoms with van der Waals surface area (Å²) >= 11 is 7.35. The quantitative estimate of drug-likeness (QED) is 0.303. The van der Waals surface area contributed by atoms with Gasteiger partial charge in [-0.1, -0.05) is 24.3 Å². The first-order valence-corrected chi connectivity index (χ1v) is 10.9. The standard InChI is InChI=1S/C20H13F3N4OS3/c21-20(22,23)11-9-14-16(25-10-11)15(13-7-4-8-30-13)17(31-14)18(28)26-27(19(24)29)12-5-2-1-3-6-12/h1-10H,(H2,24,29)(H,26,28). The maximum Gasteiger partial charge on any atom is 0.417 e. The molecule has 0 aliphatic rings. The zero-order chi connectivity index (χ0) is 22.2. The molecule has 0 aliphatic heterocycles. The van der Waals surface area contributed by atoms with Crippen LogP contribution in [0.4, 0.5) is 18.9 Å². The van der Waals surface area contributed by atoms with Gasteiger partial charge in [0.1, 0.15) is 4.88 Å². The molecule has 0 unspecified atom stereocenters. The second-order valence-corrected chi connectivity index (χ2v) is 8.72. The van der Waals surface area contributed by atoms with Gasteiger partial charge in [0.2, 0.25) is 0 Å². The topological polar surface area (TPSA) is 71.2 Å². The number of carbonyl (C=O) groups is 1. The average molecular weight is 479 g/mol. The van der Waals surface area contributed by atoms with Crippen LogP contribution in [0.2, 0.25) is 0 Å². The van der Waals surface area contributed by atoms with E-state index in [4.69, 9.17) is 18.0 Å². The highest BCUT2D eigenvalue weighted by Gasteiger charge is 2.32. The van der Waals surface area contributed by atoms with Crippen LogP contribution in [0, 0.1) is 0 Å². The SMILES string of the molecule is NC(=S)N(NC(=O)c1sc2cc(C(F)(F)F)cnc2c1-c1cccs1)c1ccccc1. The Bertz CT molecular complexity index is 1250. The minimum atomic E-state index is -4.54. The van der Waals surface area contributed by atoms with Crippen molar-refractivity contribution in [2.75, 3.05) is 5.01 Å². The molecule has 31 heavy (non-hydrogen) atoms. The summed E-state index contributed by atoms with van der Waals surface area (Å²) in [6, 6.07) is 13.3. The van der Waals surface area contributed by atoms with Crippen LogP contribution >= 0.6 is 34.9 Å². The molecule has 158 valence electrons. The van der Waals surface area contributed by atoms with E-state index in [1.807, 2.05) is 5.38 Å². The monoisotopic (exact) mass is 478 g/mol. The fourth-order valence-corrected chi connectivity index (χ4v) is 5.02. The predicted molar refractivity (Wildman–Crippen MR) is 121 cm³/mol. The number of anilines is 1. The summed E-state index contributed by atoms with van der Waals surface area (Å²) in [7, 11) is 0. The van der Waals surface area contributed by atoms with Gasteiger partial charge in [0.05, 0.1) is 21.5 Å². The molecule has 11 heteroatoms. The number of rotatable bonds is 3. The number of thiocarbonyl (C=S) groups is 1. The molecular weight excluding hydrogens is 465 g/mol. The van der Waals surface area contributed by atoms with Gasteiger partial charge in [0.15, 0.2) is 5.11 Å². The van der Waals surface area contributed by atoms with E-state index in [0.717, 1.165) is 23.6 Å². The van der Waals surface area contributed by atoms with E-state index < -0.39 is 17.6 Å². The van der Waals surface area contributed by atoms with Gasteiger partial charge in [-0.15, -0.1) is 22.7 Å². The zero-order valence-electron chi connectivity index (χ0n) is 15.5. The average Bonchev–Trinajstić information content (AvgIpc) is 3.38. The summed E-state index contributed by atoms with van der Waals surface area (Å²) < 4.78 is 39.7. The van der Waals surface area contributed by atoms with Crippen LogP contribution in [0.15, 0.2) is 60.1 Å². The number of nitrogens with one attached hydrogen (secondary N) is 1. The van der Waals surface area contributed by atoms with E-state index in [9.17, 15) is 18.0 Å². The molecule has 0 radical (unpaired) electrons. The first kappa shape index (κ1) is 21.2. The molecule has 1 amide bonds. The van der Waals surface area contributed by atoms with Gasteiger partial charge in [-0.05, 0) is 41.9 Å². The fourth-order valence-electron chi connectivity index (χ4n) is 2.92. The largest absolute Gasteiger partial charge is 0.417 e. The molecule has 3 aromatic heterocycles. The summed E-state index contributed by atoms with van der Waals surface area (Å²) in [6.07, 6.45) is -3.76. The fraction of sp³-hybridized carbons (Fsp3) is 0.0500. The Balaban J connectivity index is 1.81.